The molecule has 0 bridgehead atoms. The number of carboxylic acid groups (broad SMARTS) is 1. The first-order valence-electron chi connectivity index (χ1n) is 6.69. The van der Waals surface area contributed by atoms with Crippen LogP contribution in [0.3, 0.4) is 0 Å². The standard InChI is InChI=1S/C16H18N2O3/c1-10(2)21-13-6-4-12(5-7-13)18-15-8-11(3)17-9-14(15)16(19)20/h4-10H,1-3H3,(H,17,18)(H,19,20). The number of nitrogens with zero attached hydrogens (tertiary/aromatic N) is 1. The van der Waals surface area contributed by atoms with E-state index in [9.17, 15) is 9.90 Å². The predicted octanol–water partition coefficient (Wildman–Crippen LogP) is 3.62. The maximum Gasteiger partial charge on any atom is 0.339 e. The average Bonchev–Trinajstić information content (AvgIpc) is 2.40. The van der Waals surface area contributed by atoms with Crippen LogP contribution in [0.25, 0.3) is 0 Å². The summed E-state index contributed by atoms with van der Waals surface area (Å²) < 4.78 is 5.57. The molecule has 0 saturated heterocycles. The van der Waals surface area contributed by atoms with Gasteiger partial charge in [-0.05, 0) is 51.1 Å². The summed E-state index contributed by atoms with van der Waals surface area (Å²) in [5, 5.41) is 12.3. The van der Waals surface area contributed by atoms with Crippen molar-refractivity contribution in [1.29, 1.82) is 0 Å². The Bertz CT molecular complexity index is 636. The molecule has 0 amide bonds. The third kappa shape index (κ3) is 3.95. The Labute approximate surface area is 123 Å². The minimum absolute atomic E-state index is 0.116. The fourth-order valence-corrected chi connectivity index (χ4v) is 1.88. The van der Waals surface area contributed by atoms with Crippen LogP contribution in [-0.2, 0) is 0 Å². The Morgan fingerprint density at radius 3 is 2.52 bits per heavy atom. The summed E-state index contributed by atoms with van der Waals surface area (Å²) >= 11 is 0. The number of aryl methyl sites for hydroxylation is 1. The molecule has 0 aliphatic carbocycles. The number of carboxylic acids is 1. The summed E-state index contributed by atoms with van der Waals surface area (Å²) in [5.41, 5.74) is 2.21. The van der Waals surface area contributed by atoms with Gasteiger partial charge in [0.05, 0.1) is 11.8 Å². The first kappa shape index (κ1) is 14.8. The molecule has 1 heterocycles. The van der Waals surface area contributed by atoms with Crippen molar-refractivity contribution in [1.82, 2.24) is 4.98 Å². The molecule has 0 unspecified atom stereocenters. The molecule has 0 atom stereocenters. The van der Waals surface area contributed by atoms with Crippen LogP contribution in [0.5, 0.6) is 5.75 Å². The number of hydrogen-bond acceptors (Lipinski definition) is 4. The van der Waals surface area contributed by atoms with Gasteiger partial charge in [0.15, 0.2) is 0 Å². The van der Waals surface area contributed by atoms with Gasteiger partial charge in [0.1, 0.15) is 11.3 Å². The number of benzene rings is 1. The highest BCUT2D eigenvalue weighted by molar-refractivity contribution is 5.94. The average molecular weight is 286 g/mol. The molecule has 5 heteroatoms. The number of aromatic nitrogens is 1. The molecule has 2 N–H and O–H groups in total. The zero-order valence-electron chi connectivity index (χ0n) is 12.3. The fraction of sp³-hybridized carbons (Fsp3) is 0.250. The molecular weight excluding hydrogens is 268 g/mol. The van der Waals surface area contributed by atoms with Crippen molar-refractivity contribution in [3.05, 3.63) is 47.8 Å². The van der Waals surface area contributed by atoms with E-state index in [2.05, 4.69) is 10.3 Å². The molecule has 0 aliphatic rings. The van der Waals surface area contributed by atoms with Gasteiger partial charge in [-0.2, -0.15) is 0 Å². The van der Waals surface area contributed by atoms with Crippen molar-refractivity contribution < 1.29 is 14.6 Å². The van der Waals surface area contributed by atoms with Crippen LogP contribution in [0.1, 0.15) is 29.9 Å². The van der Waals surface area contributed by atoms with Gasteiger partial charge in [-0.15, -0.1) is 0 Å². The summed E-state index contributed by atoms with van der Waals surface area (Å²) in [5.74, 6) is -0.232. The molecular formula is C16H18N2O3. The van der Waals surface area contributed by atoms with Crippen molar-refractivity contribution >= 4 is 17.3 Å². The predicted molar refractivity (Wildman–Crippen MR) is 81.4 cm³/mol. The molecule has 1 aromatic heterocycles. The number of carbonyl (C=O) groups is 1. The second-order valence-corrected chi connectivity index (χ2v) is 4.99. The van der Waals surface area contributed by atoms with E-state index >= 15 is 0 Å². The maximum atomic E-state index is 11.2. The zero-order chi connectivity index (χ0) is 15.4. The second kappa shape index (κ2) is 6.26. The van der Waals surface area contributed by atoms with Gasteiger partial charge in [-0.25, -0.2) is 4.79 Å². The Morgan fingerprint density at radius 1 is 1.29 bits per heavy atom. The van der Waals surface area contributed by atoms with Gasteiger partial charge in [0.25, 0.3) is 0 Å². The summed E-state index contributed by atoms with van der Waals surface area (Å²) in [7, 11) is 0. The summed E-state index contributed by atoms with van der Waals surface area (Å²) in [6.45, 7) is 5.74. The monoisotopic (exact) mass is 286 g/mol. The molecule has 1 aromatic carbocycles. The van der Waals surface area contributed by atoms with E-state index in [1.54, 1.807) is 6.07 Å². The van der Waals surface area contributed by atoms with Gasteiger partial charge in [-0.3, -0.25) is 4.98 Å². The Balaban J connectivity index is 2.22. The van der Waals surface area contributed by atoms with E-state index < -0.39 is 5.97 Å². The first-order valence-corrected chi connectivity index (χ1v) is 6.69. The van der Waals surface area contributed by atoms with Crippen LogP contribution in [-0.4, -0.2) is 22.2 Å². The Morgan fingerprint density at radius 2 is 1.95 bits per heavy atom. The van der Waals surface area contributed by atoms with E-state index in [0.717, 1.165) is 17.1 Å². The number of rotatable bonds is 5. The number of pyridine rings is 1. The minimum atomic E-state index is -1.01. The molecule has 0 spiro atoms. The number of hydrogen-bond donors (Lipinski definition) is 2. The number of nitrogens with one attached hydrogen (secondary N) is 1. The van der Waals surface area contributed by atoms with Gasteiger partial charge in [0, 0.05) is 17.6 Å². The third-order valence-corrected chi connectivity index (χ3v) is 2.78. The quantitative estimate of drug-likeness (QED) is 0.878. The van der Waals surface area contributed by atoms with E-state index in [0.29, 0.717) is 5.69 Å². The van der Waals surface area contributed by atoms with Crippen LogP contribution < -0.4 is 10.1 Å². The fourth-order valence-electron chi connectivity index (χ4n) is 1.88. The summed E-state index contributed by atoms with van der Waals surface area (Å²) in [6.07, 6.45) is 1.47. The minimum Gasteiger partial charge on any atom is -0.491 e. The van der Waals surface area contributed by atoms with E-state index in [-0.39, 0.29) is 11.7 Å². The van der Waals surface area contributed by atoms with Crippen molar-refractivity contribution in [2.24, 2.45) is 0 Å². The Kier molecular flexibility index (Phi) is 4.42. The lowest BCUT2D eigenvalue weighted by Gasteiger charge is -2.12. The second-order valence-electron chi connectivity index (χ2n) is 4.99. The van der Waals surface area contributed by atoms with Crippen molar-refractivity contribution in [3.8, 4) is 5.75 Å². The summed E-state index contributed by atoms with van der Waals surface area (Å²) in [4.78, 5) is 15.2. The Hall–Kier alpha value is -2.56. The molecule has 110 valence electrons. The first-order chi connectivity index (χ1) is 9.95. The lowest BCUT2D eigenvalue weighted by atomic mass is 10.2. The summed E-state index contributed by atoms with van der Waals surface area (Å²) in [6, 6.07) is 9.09. The SMILES string of the molecule is Cc1cc(Nc2ccc(OC(C)C)cc2)c(C(=O)O)cn1. The van der Waals surface area contributed by atoms with E-state index in [1.807, 2.05) is 45.0 Å². The lowest BCUT2D eigenvalue weighted by Crippen LogP contribution is -2.06. The zero-order valence-corrected chi connectivity index (χ0v) is 12.3. The van der Waals surface area contributed by atoms with Gasteiger partial charge in [-0.1, -0.05) is 0 Å². The molecule has 2 rings (SSSR count). The number of anilines is 2. The highest BCUT2D eigenvalue weighted by atomic mass is 16.5. The molecule has 21 heavy (non-hydrogen) atoms. The van der Waals surface area contributed by atoms with Crippen LogP contribution in [0.4, 0.5) is 11.4 Å². The topological polar surface area (TPSA) is 71.5 Å². The van der Waals surface area contributed by atoms with Crippen LogP contribution in [0, 0.1) is 6.92 Å². The van der Waals surface area contributed by atoms with Gasteiger partial charge in [0.2, 0.25) is 0 Å². The van der Waals surface area contributed by atoms with Crippen molar-refractivity contribution in [2.75, 3.05) is 5.32 Å². The maximum absolute atomic E-state index is 11.2. The van der Waals surface area contributed by atoms with E-state index in [1.165, 1.54) is 6.20 Å². The lowest BCUT2D eigenvalue weighted by molar-refractivity contribution is 0.0697. The molecule has 0 aliphatic heterocycles. The van der Waals surface area contributed by atoms with Gasteiger partial charge >= 0.3 is 5.97 Å². The van der Waals surface area contributed by atoms with Gasteiger partial charge < -0.3 is 15.2 Å². The van der Waals surface area contributed by atoms with E-state index in [4.69, 9.17) is 4.74 Å². The highest BCUT2D eigenvalue weighted by Crippen LogP contribution is 2.23. The smallest absolute Gasteiger partial charge is 0.339 e. The highest BCUT2D eigenvalue weighted by Gasteiger charge is 2.11. The van der Waals surface area contributed by atoms with Crippen LogP contribution >= 0.6 is 0 Å². The van der Waals surface area contributed by atoms with Crippen molar-refractivity contribution in [3.63, 3.8) is 0 Å². The number of ether oxygens (including phenoxy) is 1. The molecule has 0 radical (unpaired) electrons. The van der Waals surface area contributed by atoms with Crippen LogP contribution in [0.2, 0.25) is 0 Å². The molecule has 5 nitrogen and oxygen atoms in total. The number of aromatic carboxylic acids is 1. The largest absolute Gasteiger partial charge is 0.491 e. The van der Waals surface area contributed by atoms with Crippen LogP contribution in [0.15, 0.2) is 36.5 Å². The molecule has 0 fully saturated rings. The molecule has 2 aromatic rings. The van der Waals surface area contributed by atoms with Crippen molar-refractivity contribution in [2.45, 2.75) is 26.9 Å². The third-order valence-electron chi connectivity index (χ3n) is 2.78. The normalized spacial score (nSPS) is 10.5. The molecule has 0 saturated carbocycles.